The number of nitrogens with one attached hydrogen (secondary N) is 1. The molecule has 3 nitrogen and oxygen atoms in total. The fourth-order valence-electron chi connectivity index (χ4n) is 1.73. The second-order valence-electron chi connectivity index (χ2n) is 4.14. The highest BCUT2D eigenvalue weighted by Gasteiger charge is 2.04. The molecule has 0 saturated carbocycles. The second-order valence-corrected chi connectivity index (χ2v) is 5.31. The molecule has 0 atom stereocenters. The Bertz CT molecular complexity index is 566. The zero-order chi connectivity index (χ0) is 13.0. The van der Waals surface area contributed by atoms with Crippen LogP contribution in [0.3, 0.4) is 0 Å². The quantitative estimate of drug-likeness (QED) is 0.913. The van der Waals surface area contributed by atoms with Gasteiger partial charge in [-0.25, -0.2) is 0 Å². The van der Waals surface area contributed by atoms with Gasteiger partial charge >= 0.3 is 0 Å². The van der Waals surface area contributed by atoms with Crippen molar-refractivity contribution < 1.29 is 0 Å². The second kappa shape index (κ2) is 5.56. The van der Waals surface area contributed by atoms with Crippen LogP contribution in [0.5, 0.6) is 0 Å². The summed E-state index contributed by atoms with van der Waals surface area (Å²) in [5.41, 5.74) is 2.27. The fraction of sp³-hybridized carbons (Fsp3) is 0.214. The molecule has 4 heteroatoms. The molecule has 92 valence electrons. The van der Waals surface area contributed by atoms with Crippen LogP contribution in [-0.2, 0) is 6.54 Å². The molecule has 1 aromatic carbocycles. The molecule has 2 aromatic rings. The molecule has 1 aromatic heterocycles. The van der Waals surface area contributed by atoms with Gasteiger partial charge in [0.15, 0.2) is 0 Å². The van der Waals surface area contributed by atoms with Crippen molar-refractivity contribution in [1.82, 2.24) is 0 Å². The lowest BCUT2D eigenvalue weighted by Gasteiger charge is -2.18. The van der Waals surface area contributed by atoms with Gasteiger partial charge in [0.2, 0.25) is 0 Å². The Hall–Kier alpha value is -1.99. The van der Waals surface area contributed by atoms with Crippen molar-refractivity contribution in [2.24, 2.45) is 0 Å². The Morgan fingerprint density at radius 1 is 1.22 bits per heavy atom. The molecule has 0 unspecified atom stereocenters. The van der Waals surface area contributed by atoms with Gasteiger partial charge in [-0.2, -0.15) is 5.26 Å². The van der Waals surface area contributed by atoms with Gasteiger partial charge in [0.25, 0.3) is 0 Å². The predicted molar refractivity (Wildman–Crippen MR) is 77.1 cm³/mol. The SMILES string of the molecule is CN(C)c1ccccc1NCc1ccc(C#N)s1. The minimum Gasteiger partial charge on any atom is -0.378 e. The number of benzene rings is 1. The van der Waals surface area contributed by atoms with Gasteiger partial charge < -0.3 is 10.2 Å². The number of hydrogen-bond acceptors (Lipinski definition) is 4. The third kappa shape index (κ3) is 2.82. The summed E-state index contributed by atoms with van der Waals surface area (Å²) < 4.78 is 0. The predicted octanol–water partition coefficient (Wildman–Crippen LogP) is 3.30. The first-order valence-electron chi connectivity index (χ1n) is 5.70. The van der Waals surface area contributed by atoms with Crippen LogP contribution in [0.4, 0.5) is 11.4 Å². The first kappa shape index (κ1) is 12.5. The lowest BCUT2D eigenvalue weighted by atomic mass is 10.2. The molecule has 1 heterocycles. The molecule has 0 amide bonds. The lowest BCUT2D eigenvalue weighted by molar-refractivity contribution is 1.11. The number of thiophene rings is 1. The summed E-state index contributed by atoms with van der Waals surface area (Å²) >= 11 is 1.53. The number of nitrogens with zero attached hydrogens (tertiary/aromatic N) is 2. The van der Waals surface area contributed by atoms with Crippen molar-refractivity contribution in [3.8, 4) is 6.07 Å². The third-order valence-corrected chi connectivity index (χ3v) is 3.60. The molecular formula is C14H15N3S. The molecule has 0 aliphatic heterocycles. The van der Waals surface area contributed by atoms with Crippen molar-refractivity contribution in [1.29, 1.82) is 5.26 Å². The van der Waals surface area contributed by atoms with Crippen molar-refractivity contribution in [2.45, 2.75) is 6.54 Å². The van der Waals surface area contributed by atoms with Crippen molar-refractivity contribution in [3.63, 3.8) is 0 Å². The average molecular weight is 257 g/mol. The largest absolute Gasteiger partial charge is 0.378 e. The van der Waals surface area contributed by atoms with E-state index >= 15 is 0 Å². The zero-order valence-electron chi connectivity index (χ0n) is 10.5. The van der Waals surface area contributed by atoms with E-state index in [9.17, 15) is 0 Å². The Kier molecular flexibility index (Phi) is 3.85. The van der Waals surface area contributed by atoms with E-state index in [0.29, 0.717) is 0 Å². The van der Waals surface area contributed by atoms with Crippen molar-refractivity contribution >= 4 is 22.7 Å². The van der Waals surface area contributed by atoms with Crippen LogP contribution in [0, 0.1) is 11.3 Å². The maximum absolute atomic E-state index is 8.79. The normalized spacial score (nSPS) is 9.83. The minimum absolute atomic E-state index is 0.747. The summed E-state index contributed by atoms with van der Waals surface area (Å²) in [4.78, 5) is 4.00. The Morgan fingerprint density at radius 3 is 2.67 bits per heavy atom. The molecule has 0 radical (unpaired) electrons. The van der Waals surface area contributed by atoms with Crippen LogP contribution in [0.1, 0.15) is 9.75 Å². The molecular weight excluding hydrogens is 242 g/mol. The molecule has 0 aliphatic carbocycles. The highest BCUT2D eigenvalue weighted by Crippen LogP contribution is 2.25. The number of rotatable bonds is 4. The lowest BCUT2D eigenvalue weighted by Crippen LogP contribution is -2.11. The first-order chi connectivity index (χ1) is 8.70. The van der Waals surface area contributed by atoms with Crippen LogP contribution in [0.25, 0.3) is 0 Å². The number of anilines is 2. The van der Waals surface area contributed by atoms with E-state index in [4.69, 9.17) is 5.26 Å². The smallest absolute Gasteiger partial charge is 0.110 e. The van der Waals surface area contributed by atoms with Crippen LogP contribution in [0.15, 0.2) is 36.4 Å². The van der Waals surface area contributed by atoms with Gasteiger partial charge in [-0.15, -0.1) is 11.3 Å². The zero-order valence-corrected chi connectivity index (χ0v) is 11.3. The van der Waals surface area contributed by atoms with E-state index in [2.05, 4.69) is 28.4 Å². The fourth-order valence-corrected chi connectivity index (χ4v) is 2.47. The summed E-state index contributed by atoms with van der Waals surface area (Å²) in [6, 6.07) is 14.2. The van der Waals surface area contributed by atoms with Crippen LogP contribution < -0.4 is 10.2 Å². The van der Waals surface area contributed by atoms with Crippen LogP contribution in [0.2, 0.25) is 0 Å². The van der Waals surface area contributed by atoms with Gasteiger partial charge in [-0.1, -0.05) is 12.1 Å². The first-order valence-corrected chi connectivity index (χ1v) is 6.51. The maximum Gasteiger partial charge on any atom is 0.110 e. The topological polar surface area (TPSA) is 39.1 Å². The number of hydrogen-bond donors (Lipinski definition) is 1. The van der Waals surface area contributed by atoms with Crippen molar-refractivity contribution in [2.75, 3.05) is 24.3 Å². The highest BCUT2D eigenvalue weighted by atomic mass is 32.1. The van der Waals surface area contributed by atoms with Gasteiger partial charge in [0.1, 0.15) is 10.9 Å². The molecule has 2 rings (SSSR count). The number of nitriles is 1. The molecule has 1 N–H and O–H groups in total. The summed E-state index contributed by atoms with van der Waals surface area (Å²) in [6.45, 7) is 0.747. The highest BCUT2D eigenvalue weighted by molar-refractivity contribution is 7.12. The standard InChI is InChI=1S/C14H15N3S/c1-17(2)14-6-4-3-5-13(14)16-10-12-8-7-11(9-15)18-12/h3-8,16H,10H2,1-2H3. The van der Waals surface area contributed by atoms with Gasteiger partial charge in [-0.3, -0.25) is 0 Å². The minimum atomic E-state index is 0.747. The van der Waals surface area contributed by atoms with Crippen molar-refractivity contribution in [3.05, 3.63) is 46.2 Å². The monoisotopic (exact) mass is 257 g/mol. The molecule has 18 heavy (non-hydrogen) atoms. The van der Waals surface area contributed by atoms with E-state index in [1.807, 2.05) is 38.4 Å². The van der Waals surface area contributed by atoms with Crippen LogP contribution >= 0.6 is 11.3 Å². The summed E-state index contributed by atoms with van der Waals surface area (Å²) in [6.07, 6.45) is 0. The summed E-state index contributed by atoms with van der Waals surface area (Å²) in [5, 5.41) is 12.2. The van der Waals surface area contributed by atoms with E-state index in [1.54, 1.807) is 0 Å². The Labute approximate surface area is 111 Å². The Morgan fingerprint density at radius 2 is 2.00 bits per heavy atom. The molecule has 0 aliphatic rings. The van der Waals surface area contributed by atoms with Gasteiger partial charge in [0, 0.05) is 25.5 Å². The summed E-state index contributed by atoms with van der Waals surface area (Å²) in [5.74, 6) is 0. The average Bonchev–Trinajstić information content (AvgIpc) is 2.84. The van der Waals surface area contributed by atoms with Gasteiger partial charge in [-0.05, 0) is 24.3 Å². The van der Waals surface area contributed by atoms with E-state index in [1.165, 1.54) is 16.2 Å². The van der Waals surface area contributed by atoms with Crippen LogP contribution in [-0.4, -0.2) is 14.1 Å². The molecule has 0 saturated heterocycles. The van der Waals surface area contributed by atoms with E-state index in [0.717, 1.165) is 22.8 Å². The van der Waals surface area contributed by atoms with E-state index in [-0.39, 0.29) is 0 Å². The third-order valence-electron chi connectivity index (χ3n) is 2.61. The van der Waals surface area contributed by atoms with Gasteiger partial charge in [0.05, 0.1) is 11.4 Å². The molecule has 0 spiro atoms. The van der Waals surface area contributed by atoms with E-state index < -0.39 is 0 Å². The maximum atomic E-state index is 8.79. The Balaban J connectivity index is 2.08. The number of para-hydroxylation sites is 2. The molecule has 0 fully saturated rings. The summed E-state index contributed by atoms with van der Waals surface area (Å²) in [7, 11) is 4.05. The molecule has 0 bridgehead atoms.